The molecule has 6 nitrogen and oxygen atoms in total. The number of para-hydroxylation sites is 2. The van der Waals surface area contributed by atoms with Gasteiger partial charge in [-0.05, 0) is 75.4 Å². The summed E-state index contributed by atoms with van der Waals surface area (Å²) in [6, 6.07) is 29.2. The number of rotatable bonds is 17. The third kappa shape index (κ3) is 10.3. The summed E-state index contributed by atoms with van der Waals surface area (Å²) in [6.45, 7) is 3.22. The molecule has 4 rings (SSSR count). The van der Waals surface area contributed by atoms with Gasteiger partial charge < -0.3 is 28.7 Å². The zero-order valence-electron chi connectivity index (χ0n) is 28.2. The fourth-order valence-corrected chi connectivity index (χ4v) is 5.01. The molecule has 0 spiro atoms. The van der Waals surface area contributed by atoms with E-state index in [9.17, 15) is 0 Å². The van der Waals surface area contributed by atoms with Crippen molar-refractivity contribution in [3.63, 3.8) is 0 Å². The summed E-state index contributed by atoms with van der Waals surface area (Å²) in [5.74, 6) is 3.05. The molecule has 4 aromatic carbocycles. The van der Waals surface area contributed by atoms with Crippen LogP contribution in [0.25, 0.3) is 35.4 Å². The van der Waals surface area contributed by atoms with Crippen LogP contribution in [0, 0.1) is 0 Å². The highest BCUT2D eigenvalue weighted by Gasteiger charge is 2.10. The molecule has 0 aromatic heterocycles. The number of hydrogen-bond acceptors (Lipinski definition) is 6. The van der Waals surface area contributed by atoms with Crippen molar-refractivity contribution in [3.8, 4) is 34.1 Å². The van der Waals surface area contributed by atoms with E-state index in [-0.39, 0.29) is 0 Å². The topological polar surface area (TPSA) is 43.4 Å². The molecule has 0 aliphatic carbocycles. The molecule has 0 N–H and O–H groups in total. The second-order valence-corrected chi connectivity index (χ2v) is 11.7. The van der Waals surface area contributed by atoms with Crippen molar-refractivity contribution >= 4 is 24.3 Å². The molecule has 0 aliphatic rings. The highest BCUT2D eigenvalue weighted by Crippen LogP contribution is 2.34. The minimum absolute atomic E-state index is 0.635. The van der Waals surface area contributed by atoms with E-state index < -0.39 is 0 Å². The summed E-state index contributed by atoms with van der Waals surface area (Å²) in [6.07, 6.45) is 10.3. The van der Waals surface area contributed by atoms with E-state index in [0.717, 1.165) is 71.2 Å². The van der Waals surface area contributed by atoms with Crippen molar-refractivity contribution < 1.29 is 18.9 Å². The van der Waals surface area contributed by atoms with E-state index in [2.05, 4.69) is 123 Å². The summed E-state index contributed by atoms with van der Waals surface area (Å²) in [5.41, 5.74) is 6.55. The van der Waals surface area contributed by atoms with E-state index >= 15 is 0 Å². The molecule has 0 heterocycles. The van der Waals surface area contributed by atoms with Gasteiger partial charge >= 0.3 is 0 Å². The van der Waals surface area contributed by atoms with Crippen LogP contribution >= 0.6 is 0 Å². The van der Waals surface area contributed by atoms with Crippen molar-refractivity contribution in [1.82, 2.24) is 9.80 Å². The highest BCUT2D eigenvalue weighted by molar-refractivity contribution is 5.77. The summed E-state index contributed by atoms with van der Waals surface area (Å²) < 4.78 is 23.5. The Morgan fingerprint density at radius 1 is 0.500 bits per heavy atom. The maximum atomic E-state index is 6.15. The maximum Gasteiger partial charge on any atom is 0.168 e. The highest BCUT2D eigenvalue weighted by atomic mass is 16.5. The van der Waals surface area contributed by atoms with Gasteiger partial charge in [-0.1, -0.05) is 97.1 Å². The van der Waals surface area contributed by atoms with Gasteiger partial charge in [0.1, 0.15) is 0 Å². The lowest BCUT2D eigenvalue weighted by atomic mass is 10.0. The van der Waals surface area contributed by atoms with Crippen LogP contribution in [0.5, 0.6) is 23.0 Å². The summed E-state index contributed by atoms with van der Waals surface area (Å²) in [4.78, 5) is 4.32. The summed E-state index contributed by atoms with van der Waals surface area (Å²) >= 11 is 0. The van der Waals surface area contributed by atoms with Gasteiger partial charge in [0.25, 0.3) is 0 Å². The van der Waals surface area contributed by atoms with Gasteiger partial charge in [-0.2, -0.15) is 0 Å². The number of hydrogen-bond donors (Lipinski definition) is 0. The van der Waals surface area contributed by atoms with Crippen LogP contribution in [0.2, 0.25) is 0 Å². The SMILES string of the molecule is COc1cccc(C=Cc2ccc(-c3ccc(C=Cc4cccc(OC)c4OCCCN(C)C)cc3)cc2)c1OCCCN(C)C. The molecule has 242 valence electrons. The van der Waals surface area contributed by atoms with Crippen molar-refractivity contribution in [1.29, 1.82) is 0 Å². The predicted molar refractivity (Wildman–Crippen MR) is 193 cm³/mol. The molecule has 6 heteroatoms. The summed E-state index contributed by atoms with van der Waals surface area (Å²) in [7, 11) is 11.6. The lowest BCUT2D eigenvalue weighted by Crippen LogP contribution is -2.15. The average Bonchev–Trinajstić information content (AvgIpc) is 3.07. The monoisotopic (exact) mass is 620 g/mol. The molecule has 0 radical (unpaired) electrons. The van der Waals surface area contributed by atoms with Gasteiger partial charge in [-0.25, -0.2) is 0 Å². The minimum Gasteiger partial charge on any atom is -0.493 e. The fourth-order valence-electron chi connectivity index (χ4n) is 5.01. The van der Waals surface area contributed by atoms with Crippen molar-refractivity contribution in [2.24, 2.45) is 0 Å². The minimum atomic E-state index is 0.635. The van der Waals surface area contributed by atoms with Gasteiger partial charge in [0, 0.05) is 24.2 Å². The number of methoxy groups -OCH3 is 2. The van der Waals surface area contributed by atoms with E-state index in [0.29, 0.717) is 13.2 Å². The van der Waals surface area contributed by atoms with Crippen LogP contribution in [0.4, 0.5) is 0 Å². The van der Waals surface area contributed by atoms with Crippen LogP contribution in [-0.4, -0.2) is 78.5 Å². The molecular formula is C40H48N2O4. The van der Waals surface area contributed by atoms with Gasteiger partial charge in [-0.3, -0.25) is 0 Å². The molecule has 0 aliphatic heterocycles. The molecule has 0 bridgehead atoms. The Hall–Kier alpha value is -4.52. The van der Waals surface area contributed by atoms with Gasteiger partial charge in [0.15, 0.2) is 23.0 Å². The Bertz CT molecular complexity index is 1440. The number of benzene rings is 4. The van der Waals surface area contributed by atoms with Crippen LogP contribution in [0.3, 0.4) is 0 Å². The standard InChI is InChI=1S/C40H48N2O4/c1-41(2)27-9-29-45-39-35(11-7-13-37(39)43-5)25-19-31-15-21-33(22-16-31)34-23-17-32(18-24-34)20-26-36-12-8-14-38(44-6)40(36)46-30-10-28-42(3)4/h7-8,11-26H,9-10,27-30H2,1-6H3. The zero-order chi connectivity index (χ0) is 32.7. The fraction of sp³-hybridized carbons (Fsp3) is 0.300. The second-order valence-electron chi connectivity index (χ2n) is 11.7. The maximum absolute atomic E-state index is 6.15. The molecule has 0 atom stereocenters. The van der Waals surface area contributed by atoms with Crippen molar-refractivity contribution in [2.75, 3.05) is 68.7 Å². The van der Waals surface area contributed by atoms with Gasteiger partial charge in [0.2, 0.25) is 0 Å². The Kier molecular flexibility index (Phi) is 13.3. The Labute approximate surface area is 275 Å². The zero-order valence-corrected chi connectivity index (χ0v) is 28.2. The van der Waals surface area contributed by atoms with E-state index in [1.165, 1.54) is 11.1 Å². The first-order chi connectivity index (χ1) is 22.4. The third-order valence-corrected chi connectivity index (χ3v) is 7.52. The normalized spacial score (nSPS) is 11.6. The predicted octanol–water partition coefficient (Wildman–Crippen LogP) is 8.37. The number of ether oxygens (including phenoxy) is 4. The third-order valence-electron chi connectivity index (χ3n) is 7.52. The molecule has 0 unspecified atom stereocenters. The summed E-state index contributed by atoms with van der Waals surface area (Å²) in [5, 5.41) is 0. The molecule has 0 saturated carbocycles. The Morgan fingerprint density at radius 3 is 1.24 bits per heavy atom. The molecular weight excluding hydrogens is 572 g/mol. The average molecular weight is 621 g/mol. The molecule has 0 fully saturated rings. The quantitative estimate of drug-likeness (QED) is 0.0873. The molecule has 46 heavy (non-hydrogen) atoms. The lowest BCUT2D eigenvalue weighted by Gasteiger charge is -2.15. The first-order valence-electron chi connectivity index (χ1n) is 15.8. The van der Waals surface area contributed by atoms with Gasteiger partial charge in [-0.15, -0.1) is 0 Å². The Morgan fingerprint density at radius 2 is 0.891 bits per heavy atom. The van der Waals surface area contributed by atoms with Crippen molar-refractivity contribution in [2.45, 2.75) is 12.8 Å². The van der Waals surface area contributed by atoms with Gasteiger partial charge in [0.05, 0.1) is 27.4 Å². The smallest absolute Gasteiger partial charge is 0.168 e. The molecule has 0 amide bonds. The van der Waals surface area contributed by atoms with Crippen molar-refractivity contribution in [3.05, 3.63) is 107 Å². The molecule has 4 aromatic rings. The first-order valence-corrected chi connectivity index (χ1v) is 15.8. The lowest BCUT2D eigenvalue weighted by molar-refractivity contribution is 0.268. The Balaban J connectivity index is 1.41. The van der Waals surface area contributed by atoms with Crippen LogP contribution in [0.1, 0.15) is 35.1 Å². The largest absolute Gasteiger partial charge is 0.493 e. The van der Waals surface area contributed by atoms with Crippen LogP contribution in [0.15, 0.2) is 84.9 Å². The second kappa shape index (κ2) is 17.8. The van der Waals surface area contributed by atoms with Crippen LogP contribution in [-0.2, 0) is 0 Å². The first kappa shape index (κ1) is 34.4. The number of nitrogens with zero attached hydrogens (tertiary/aromatic N) is 2. The molecule has 0 saturated heterocycles. The van der Waals surface area contributed by atoms with E-state index in [1.807, 2.05) is 24.3 Å². The van der Waals surface area contributed by atoms with Crippen LogP contribution < -0.4 is 18.9 Å². The van der Waals surface area contributed by atoms with E-state index in [4.69, 9.17) is 18.9 Å². The van der Waals surface area contributed by atoms with E-state index in [1.54, 1.807) is 14.2 Å².